The maximum Gasteiger partial charge on any atom is 0.0602 e. The highest BCUT2D eigenvalue weighted by Crippen LogP contribution is 2.24. The average Bonchev–Trinajstić information content (AvgIpc) is 2.30. The van der Waals surface area contributed by atoms with E-state index in [4.69, 9.17) is 5.73 Å². The third-order valence-corrected chi connectivity index (χ3v) is 4.35. The normalized spacial score (nSPS) is 27.2. The monoisotopic (exact) mass is 257 g/mol. The summed E-state index contributed by atoms with van der Waals surface area (Å²) in [5.74, 6) is 0. The molecular formula is C14H31N3O. The van der Waals surface area contributed by atoms with Gasteiger partial charge in [-0.25, -0.2) is 0 Å². The van der Waals surface area contributed by atoms with E-state index >= 15 is 0 Å². The smallest absolute Gasteiger partial charge is 0.0602 e. The van der Waals surface area contributed by atoms with Gasteiger partial charge in [-0.15, -0.1) is 0 Å². The molecule has 1 aliphatic heterocycles. The van der Waals surface area contributed by atoms with Gasteiger partial charge in [-0.2, -0.15) is 0 Å². The number of hydrogen-bond acceptors (Lipinski definition) is 4. The van der Waals surface area contributed by atoms with E-state index in [9.17, 15) is 5.11 Å². The topological polar surface area (TPSA) is 52.7 Å². The Kier molecular flexibility index (Phi) is 5.59. The molecule has 4 nitrogen and oxygen atoms in total. The molecular weight excluding hydrogens is 226 g/mol. The molecule has 0 bridgehead atoms. The highest BCUT2D eigenvalue weighted by atomic mass is 16.3. The molecule has 1 aliphatic rings. The van der Waals surface area contributed by atoms with Crippen LogP contribution in [0.4, 0.5) is 0 Å². The number of likely N-dealkylation sites (N-methyl/N-ethyl adjacent to an activating group) is 1. The van der Waals surface area contributed by atoms with Crippen molar-refractivity contribution in [2.45, 2.75) is 52.2 Å². The van der Waals surface area contributed by atoms with E-state index in [0.717, 1.165) is 26.1 Å². The van der Waals surface area contributed by atoms with Gasteiger partial charge >= 0.3 is 0 Å². The lowest BCUT2D eigenvalue weighted by Gasteiger charge is -2.46. The van der Waals surface area contributed by atoms with Crippen LogP contribution in [0.2, 0.25) is 0 Å². The fraction of sp³-hybridized carbons (Fsp3) is 1.00. The Balaban J connectivity index is 2.71. The highest BCUT2D eigenvalue weighted by molar-refractivity contribution is 4.93. The van der Waals surface area contributed by atoms with Crippen LogP contribution in [0, 0.1) is 5.41 Å². The molecule has 1 rings (SSSR count). The van der Waals surface area contributed by atoms with Crippen molar-refractivity contribution in [3.8, 4) is 0 Å². The van der Waals surface area contributed by atoms with Gasteiger partial charge in [0.05, 0.1) is 6.61 Å². The van der Waals surface area contributed by atoms with Gasteiger partial charge in [0.15, 0.2) is 0 Å². The van der Waals surface area contributed by atoms with Crippen LogP contribution in [-0.4, -0.2) is 66.3 Å². The van der Waals surface area contributed by atoms with E-state index < -0.39 is 0 Å². The largest absolute Gasteiger partial charge is 0.395 e. The second-order valence-electron chi connectivity index (χ2n) is 6.68. The Morgan fingerprint density at radius 3 is 2.39 bits per heavy atom. The minimum Gasteiger partial charge on any atom is -0.395 e. The van der Waals surface area contributed by atoms with Crippen LogP contribution in [0.15, 0.2) is 0 Å². The molecule has 108 valence electrons. The highest BCUT2D eigenvalue weighted by Gasteiger charge is 2.35. The summed E-state index contributed by atoms with van der Waals surface area (Å²) in [6.07, 6.45) is 1.15. The molecule has 3 unspecified atom stereocenters. The lowest BCUT2D eigenvalue weighted by molar-refractivity contribution is 0.0135. The van der Waals surface area contributed by atoms with Crippen molar-refractivity contribution >= 4 is 0 Å². The third-order valence-electron chi connectivity index (χ3n) is 4.35. The van der Waals surface area contributed by atoms with Crippen molar-refractivity contribution in [3.05, 3.63) is 0 Å². The number of nitrogens with two attached hydrogens (primary N) is 1. The molecule has 3 N–H and O–H groups in total. The van der Waals surface area contributed by atoms with Gasteiger partial charge in [0.25, 0.3) is 0 Å². The zero-order chi connectivity index (χ0) is 13.9. The summed E-state index contributed by atoms with van der Waals surface area (Å²) in [6.45, 7) is 11.9. The molecule has 0 spiro atoms. The quantitative estimate of drug-likeness (QED) is 0.780. The number of aliphatic hydroxyl groups is 1. The molecule has 18 heavy (non-hydrogen) atoms. The van der Waals surface area contributed by atoms with E-state index in [1.54, 1.807) is 0 Å². The van der Waals surface area contributed by atoms with E-state index in [1.807, 2.05) is 0 Å². The lowest BCUT2D eigenvalue weighted by Crippen LogP contribution is -2.61. The number of aliphatic hydroxyl groups excluding tert-OH is 1. The summed E-state index contributed by atoms with van der Waals surface area (Å²) in [4.78, 5) is 4.79. The maximum absolute atomic E-state index is 9.70. The van der Waals surface area contributed by atoms with Crippen molar-refractivity contribution in [1.82, 2.24) is 9.80 Å². The molecule has 0 aliphatic carbocycles. The van der Waals surface area contributed by atoms with Crippen LogP contribution < -0.4 is 5.73 Å². The zero-order valence-corrected chi connectivity index (χ0v) is 12.7. The first kappa shape index (κ1) is 15.9. The first-order valence-electron chi connectivity index (χ1n) is 7.12. The van der Waals surface area contributed by atoms with E-state index in [1.165, 1.54) is 0 Å². The van der Waals surface area contributed by atoms with E-state index in [2.05, 4.69) is 44.5 Å². The molecule has 4 heteroatoms. The molecule has 1 saturated heterocycles. The van der Waals surface area contributed by atoms with Crippen molar-refractivity contribution in [1.29, 1.82) is 0 Å². The lowest BCUT2D eigenvalue weighted by atomic mass is 9.82. The molecule has 0 amide bonds. The SMILES string of the molecule is CCC1CN(C(CO)C(N)C(C)(C)C)CCN1C. The molecule has 1 fully saturated rings. The van der Waals surface area contributed by atoms with Gasteiger partial charge in [0.2, 0.25) is 0 Å². The minimum atomic E-state index is 0.00316. The first-order valence-corrected chi connectivity index (χ1v) is 7.12. The van der Waals surface area contributed by atoms with E-state index in [-0.39, 0.29) is 24.1 Å². The molecule has 1 heterocycles. The predicted octanol–water partition coefficient (Wildman–Crippen LogP) is 0.747. The van der Waals surface area contributed by atoms with Crippen molar-refractivity contribution in [2.24, 2.45) is 11.1 Å². The van der Waals surface area contributed by atoms with Gasteiger partial charge in [-0.1, -0.05) is 27.7 Å². The standard InChI is InChI=1S/C14H31N3O/c1-6-11-9-17(8-7-16(11)5)12(10-18)13(15)14(2,3)4/h11-13,18H,6-10,15H2,1-5H3. The second kappa shape index (κ2) is 6.33. The molecule has 0 radical (unpaired) electrons. The van der Waals surface area contributed by atoms with Crippen LogP contribution in [0.5, 0.6) is 0 Å². The first-order chi connectivity index (χ1) is 8.31. The zero-order valence-electron chi connectivity index (χ0n) is 12.7. The van der Waals surface area contributed by atoms with Crippen molar-refractivity contribution in [3.63, 3.8) is 0 Å². The Bertz CT molecular complexity index is 252. The molecule has 0 aromatic rings. The average molecular weight is 257 g/mol. The fourth-order valence-corrected chi connectivity index (χ4v) is 2.75. The van der Waals surface area contributed by atoms with Gasteiger partial charge in [-0.05, 0) is 18.9 Å². The maximum atomic E-state index is 9.70. The number of nitrogens with zero attached hydrogens (tertiary/aromatic N) is 2. The number of rotatable bonds is 4. The minimum absolute atomic E-state index is 0.00316. The van der Waals surface area contributed by atoms with Crippen LogP contribution in [0.25, 0.3) is 0 Å². The molecule has 0 aromatic carbocycles. The summed E-state index contributed by atoms with van der Waals surface area (Å²) < 4.78 is 0. The van der Waals surface area contributed by atoms with Crippen molar-refractivity contribution < 1.29 is 5.11 Å². The number of piperazine rings is 1. The van der Waals surface area contributed by atoms with Crippen LogP contribution >= 0.6 is 0 Å². The van der Waals surface area contributed by atoms with Crippen LogP contribution in [0.1, 0.15) is 34.1 Å². The summed E-state index contributed by atoms with van der Waals surface area (Å²) in [7, 11) is 2.18. The number of hydrogen-bond donors (Lipinski definition) is 2. The Hall–Kier alpha value is -0.160. The summed E-state index contributed by atoms with van der Waals surface area (Å²) in [5, 5.41) is 9.70. The van der Waals surface area contributed by atoms with Gasteiger partial charge in [0.1, 0.15) is 0 Å². The summed E-state index contributed by atoms with van der Waals surface area (Å²) in [6, 6.07) is 0.663. The molecule has 3 atom stereocenters. The summed E-state index contributed by atoms with van der Waals surface area (Å²) in [5.41, 5.74) is 6.37. The molecule has 0 aromatic heterocycles. The third kappa shape index (κ3) is 3.67. The molecule has 0 saturated carbocycles. The Morgan fingerprint density at radius 1 is 1.33 bits per heavy atom. The fourth-order valence-electron chi connectivity index (χ4n) is 2.75. The van der Waals surface area contributed by atoms with Gasteiger partial charge in [-0.3, -0.25) is 4.90 Å². The second-order valence-corrected chi connectivity index (χ2v) is 6.68. The van der Waals surface area contributed by atoms with Gasteiger partial charge in [0, 0.05) is 37.8 Å². The Labute approximate surface area is 112 Å². The summed E-state index contributed by atoms with van der Waals surface area (Å²) >= 11 is 0. The van der Waals surface area contributed by atoms with E-state index in [0.29, 0.717) is 6.04 Å². The van der Waals surface area contributed by atoms with Gasteiger partial charge < -0.3 is 15.7 Å². The van der Waals surface area contributed by atoms with Crippen LogP contribution in [0.3, 0.4) is 0 Å². The predicted molar refractivity (Wildman–Crippen MR) is 76.6 cm³/mol. The van der Waals surface area contributed by atoms with Crippen LogP contribution in [-0.2, 0) is 0 Å². The Morgan fingerprint density at radius 2 is 1.94 bits per heavy atom. The van der Waals surface area contributed by atoms with Crippen molar-refractivity contribution in [2.75, 3.05) is 33.3 Å².